The maximum atomic E-state index is 5.78. The van der Waals surface area contributed by atoms with E-state index in [9.17, 15) is 0 Å². The van der Waals surface area contributed by atoms with Gasteiger partial charge >= 0.3 is 0 Å². The predicted octanol–water partition coefficient (Wildman–Crippen LogP) is 3.20. The lowest BCUT2D eigenvalue weighted by Gasteiger charge is -2.04. The van der Waals surface area contributed by atoms with Crippen LogP contribution in [0.4, 0.5) is 0 Å². The summed E-state index contributed by atoms with van der Waals surface area (Å²) in [6.45, 7) is 0. The molecule has 3 rings (SSSR count). The number of nitrogens with zero attached hydrogens (tertiary/aromatic N) is 4. The highest BCUT2D eigenvalue weighted by atomic mass is 35.5. The molecule has 0 radical (unpaired) electrons. The molecular weight excluding hydrogens is 260 g/mol. The third-order valence-corrected chi connectivity index (χ3v) is 3.14. The van der Waals surface area contributed by atoms with Crippen LogP contribution in [0.15, 0.2) is 48.9 Å². The molecule has 2 aromatic heterocycles. The van der Waals surface area contributed by atoms with Gasteiger partial charge in [-0.3, -0.25) is 0 Å². The molecule has 0 amide bonds. The molecule has 2 heterocycles. The molecule has 5 heteroatoms. The SMILES string of the molecule is Cn1cnnc1-c1ccc(-c2ccc(Cl)nc2)cc1. The van der Waals surface area contributed by atoms with E-state index in [0.29, 0.717) is 5.15 Å². The van der Waals surface area contributed by atoms with Gasteiger partial charge in [-0.1, -0.05) is 35.9 Å². The first-order valence-corrected chi connectivity index (χ1v) is 6.18. The molecule has 0 spiro atoms. The highest BCUT2D eigenvalue weighted by Crippen LogP contribution is 2.23. The van der Waals surface area contributed by atoms with E-state index in [1.54, 1.807) is 18.6 Å². The zero-order valence-electron chi connectivity index (χ0n) is 10.3. The Balaban J connectivity index is 1.95. The molecule has 0 aliphatic rings. The van der Waals surface area contributed by atoms with Crippen molar-refractivity contribution < 1.29 is 0 Å². The number of benzene rings is 1. The van der Waals surface area contributed by atoms with Crippen LogP contribution in [0.3, 0.4) is 0 Å². The lowest BCUT2D eigenvalue weighted by Crippen LogP contribution is -1.91. The molecule has 0 N–H and O–H groups in total. The first-order chi connectivity index (χ1) is 9.24. The third kappa shape index (κ3) is 2.35. The van der Waals surface area contributed by atoms with Crippen molar-refractivity contribution in [3.05, 3.63) is 54.1 Å². The van der Waals surface area contributed by atoms with Crippen molar-refractivity contribution in [1.82, 2.24) is 19.7 Å². The summed E-state index contributed by atoms with van der Waals surface area (Å²) in [6, 6.07) is 11.9. The van der Waals surface area contributed by atoms with Crippen molar-refractivity contribution in [2.24, 2.45) is 7.05 Å². The molecular formula is C14H11ClN4. The quantitative estimate of drug-likeness (QED) is 0.672. The summed E-state index contributed by atoms with van der Waals surface area (Å²) in [5, 5.41) is 8.46. The van der Waals surface area contributed by atoms with Gasteiger partial charge < -0.3 is 4.57 Å². The van der Waals surface area contributed by atoms with Crippen LogP contribution in [0.1, 0.15) is 0 Å². The van der Waals surface area contributed by atoms with Crippen LogP contribution in [0.5, 0.6) is 0 Å². The second-order valence-corrected chi connectivity index (χ2v) is 4.60. The maximum Gasteiger partial charge on any atom is 0.163 e. The molecule has 19 heavy (non-hydrogen) atoms. The summed E-state index contributed by atoms with van der Waals surface area (Å²) in [7, 11) is 1.92. The van der Waals surface area contributed by atoms with Gasteiger partial charge in [0.1, 0.15) is 11.5 Å². The first-order valence-electron chi connectivity index (χ1n) is 5.80. The highest BCUT2D eigenvalue weighted by molar-refractivity contribution is 6.29. The van der Waals surface area contributed by atoms with E-state index in [4.69, 9.17) is 11.6 Å². The average Bonchev–Trinajstić information content (AvgIpc) is 2.86. The summed E-state index contributed by atoms with van der Waals surface area (Å²) in [4.78, 5) is 4.08. The molecule has 0 atom stereocenters. The average molecular weight is 271 g/mol. The van der Waals surface area contributed by atoms with Gasteiger partial charge in [0.05, 0.1) is 0 Å². The third-order valence-electron chi connectivity index (χ3n) is 2.92. The largest absolute Gasteiger partial charge is 0.317 e. The summed E-state index contributed by atoms with van der Waals surface area (Å²) >= 11 is 5.78. The van der Waals surface area contributed by atoms with Gasteiger partial charge in [-0.05, 0) is 17.7 Å². The molecule has 0 unspecified atom stereocenters. The van der Waals surface area contributed by atoms with E-state index in [1.807, 2.05) is 41.9 Å². The van der Waals surface area contributed by atoms with E-state index in [-0.39, 0.29) is 0 Å². The van der Waals surface area contributed by atoms with E-state index in [1.165, 1.54) is 0 Å². The minimum absolute atomic E-state index is 0.499. The second-order valence-electron chi connectivity index (χ2n) is 4.21. The molecule has 0 aliphatic carbocycles. The molecule has 0 aliphatic heterocycles. The highest BCUT2D eigenvalue weighted by Gasteiger charge is 2.05. The summed E-state index contributed by atoms with van der Waals surface area (Å²) in [5.74, 6) is 0.848. The lowest BCUT2D eigenvalue weighted by molar-refractivity contribution is 0.920. The first kappa shape index (κ1) is 11.9. The van der Waals surface area contributed by atoms with E-state index >= 15 is 0 Å². The smallest absolute Gasteiger partial charge is 0.163 e. The number of halogens is 1. The predicted molar refractivity (Wildman–Crippen MR) is 74.7 cm³/mol. The van der Waals surface area contributed by atoms with Gasteiger partial charge in [-0.25, -0.2) is 4.98 Å². The molecule has 3 aromatic rings. The lowest BCUT2D eigenvalue weighted by atomic mass is 10.1. The molecule has 0 saturated heterocycles. The van der Waals surface area contributed by atoms with Crippen LogP contribution in [0.25, 0.3) is 22.5 Å². The Hall–Kier alpha value is -2.20. The minimum Gasteiger partial charge on any atom is -0.317 e. The van der Waals surface area contributed by atoms with Crippen molar-refractivity contribution in [3.63, 3.8) is 0 Å². The Morgan fingerprint density at radius 2 is 1.63 bits per heavy atom. The van der Waals surface area contributed by atoms with Crippen LogP contribution in [0.2, 0.25) is 5.15 Å². The standard InChI is InChI=1S/C14H11ClN4/c1-19-9-17-18-14(19)11-4-2-10(3-5-11)12-6-7-13(15)16-8-12/h2-9H,1H3. The van der Waals surface area contributed by atoms with E-state index in [2.05, 4.69) is 15.2 Å². The summed E-state index contributed by atoms with van der Waals surface area (Å²) in [5.41, 5.74) is 3.16. The van der Waals surface area contributed by atoms with E-state index < -0.39 is 0 Å². The zero-order chi connectivity index (χ0) is 13.2. The van der Waals surface area contributed by atoms with Gasteiger partial charge in [0, 0.05) is 24.4 Å². The maximum absolute atomic E-state index is 5.78. The molecule has 0 fully saturated rings. The summed E-state index contributed by atoms with van der Waals surface area (Å²) in [6.07, 6.45) is 3.45. The number of aryl methyl sites for hydroxylation is 1. The molecule has 94 valence electrons. The molecule has 4 nitrogen and oxygen atoms in total. The van der Waals surface area contributed by atoms with Crippen LogP contribution in [0, 0.1) is 0 Å². The number of rotatable bonds is 2. The summed E-state index contributed by atoms with van der Waals surface area (Å²) < 4.78 is 1.89. The van der Waals surface area contributed by atoms with Crippen molar-refractivity contribution in [2.75, 3.05) is 0 Å². The van der Waals surface area contributed by atoms with Crippen LogP contribution < -0.4 is 0 Å². The number of hydrogen-bond donors (Lipinski definition) is 0. The van der Waals surface area contributed by atoms with Gasteiger partial charge in [0.25, 0.3) is 0 Å². The molecule has 0 bridgehead atoms. The fraction of sp³-hybridized carbons (Fsp3) is 0.0714. The zero-order valence-corrected chi connectivity index (χ0v) is 11.0. The van der Waals surface area contributed by atoms with E-state index in [0.717, 1.165) is 22.5 Å². The Labute approximate surface area is 115 Å². The molecule has 1 aromatic carbocycles. The monoisotopic (exact) mass is 270 g/mol. The Morgan fingerprint density at radius 3 is 2.21 bits per heavy atom. The van der Waals surface area contributed by atoms with Gasteiger partial charge in [0.15, 0.2) is 5.82 Å². The Kier molecular flexibility index (Phi) is 3.01. The Morgan fingerprint density at radius 1 is 0.947 bits per heavy atom. The van der Waals surface area contributed by atoms with Gasteiger partial charge in [0.2, 0.25) is 0 Å². The van der Waals surface area contributed by atoms with Crippen molar-refractivity contribution >= 4 is 11.6 Å². The van der Waals surface area contributed by atoms with Gasteiger partial charge in [-0.15, -0.1) is 10.2 Å². The second kappa shape index (κ2) is 4.82. The number of hydrogen-bond acceptors (Lipinski definition) is 3. The topological polar surface area (TPSA) is 43.6 Å². The number of pyridine rings is 1. The fourth-order valence-corrected chi connectivity index (χ4v) is 2.01. The van der Waals surface area contributed by atoms with Crippen LogP contribution in [-0.4, -0.2) is 19.7 Å². The van der Waals surface area contributed by atoms with Crippen LogP contribution in [-0.2, 0) is 7.05 Å². The van der Waals surface area contributed by atoms with Crippen LogP contribution >= 0.6 is 11.6 Å². The Bertz CT molecular complexity index is 686. The van der Waals surface area contributed by atoms with Gasteiger partial charge in [-0.2, -0.15) is 0 Å². The minimum atomic E-state index is 0.499. The van der Waals surface area contributed by atoms with Crippen molar-refractivity contribution in [3.8, 4) is 22.5 Å². The van der Waals surface area contributed by atoms with Crippen molar-refractivity contribution in [2.45, 2.75) is 0 Å². The fourth-order valence-electron chi connectivity index (χ4n) is 1.90. The van der Waals surface area contributed by atoms with Crippen molar-refractivity contribution in [1.29, 1.82) is 0 Å². The normalized spacial score (nSPS) is 10.6. The molecule has 0 saturated carbocycles. The number of aromatic nitrogens is 4.